The fourth-order valence-corrected chi connectivity index (χ4v) is 5.22. The number of methoxy groups -OCH3 is 1. The first-order valence-corrected chi connectivity index (χ1v) is 14.5. The smallest absolute Gasteiger partial charge is 0.410 e. The molecule has 0 aliphatic carbocycles. The molecule has 44 heavy (non-hydrogen) atoms. The van der Waals surface area contributed by atoms with Crippen molar-refractivity contribution in [1.29, 1.82) is 0 Å². The number of benzene rings is 1. The number of rotatable bonds is 10. The zero-order valence-electron chi connectivity index (χ0n) is 25.3. The van der Waals surface area contributed by atoms with Gasteiger partial charge in [0.25, 0.3) is 0 Å². The molecule has 1 aromatic carbocycles. The van der Waals surface area contributed by atoms with Gasteiger partial charge in [-0.3, -0.25) is 19.9 Å². The van der Waals surface area contributed by atoms with Crippen LogP contribution < -0.4 is 10.2 Å². The summed E-state index contributed by atoms with van der Waals surface area (Å²) >= 11 is 0. The second kappa shape index (κ2) is 14.5. The van der Waals surface area contributed by atoms with E-state index in [-0.39, 0.29) is 24.6 Å². The Kier molecular flexibility index (Phi) is 10.8. The van der Waals surface area contributed by atoms with Crippen LogP contribution in [0.25, 0.3) is 17.1 Å². The van der Waals surface area contributed by atoms with Crippen LogP contribution in [-0.2, 0) is 20.7 Å². The molecule has 10 nitrogen and oxygen atoms in total. The third-order valence-corrected chi connectivity index (χ3v) is 7.26. The molecular formula is C32H38F2N4O6. The summed E-state index contributed by atoms with van der Waals surface area (Å²) in [6.45, 7) is 5.19. The van der Waals surface area contributed by atoms with E-state index in [4.69, 9.17) is 14.2 Å². The normalized spacial score (nSPS) is 18.8. The molecule has 12 heteroatoms. The highest BCUT2D eigenvalue weighted by Crippen LogP contribution is 2.31. The van der Waals surface area contributed by atoms with Crippen LogP contribution in [0.2, 0.25) is 0 Å². The fraction of sp³-hybridized carbons (Fsp3) is 0.438. The van der Waals surface area contributed by atoms with Gasteiger partial charge in [0.15, 0.2) is 0 Å². The Labute approximate surface area is 255 Å². The molecule has 3 heterocycles. The first-order valence-electron chi connectivity index (χ1n) is 14.5. The van der Waals surface area contributed by atoms with Crippen LogP contribution >= 0.6 is 0 Å². The molecule has 3 aromatic rings. The molecule has 0 bridgehead atoms. The first-order chi connectivity index (χ1) is 21.0. The molecule has 1 aliphatic rings. The number of pyridine rings is 2. The quantitative estimate of drug-likeness (QED) is 0.224. The molecule has 1 saturated heterocycles. The summed E-state index contributed by atoms with van der Waals surface area (Å²) in [5.41, 5.74) is 3.30. The molecule has 1 aliphatic heterocycles. The molecular weight excluding hydrogens is 574 g/mol. The Balaban J connectivity index is 1.54. The molecule has 0 saturated carbocycles. The molecule has 0 spiro atoms. The first kappa shape index (κ1) is 32.7. The molecule has 0 radical (unpaired) electrons. The van der Waals surface area contributed by atoms with Crippen LogP contribution in [-0.4, -0.2) is 69.6 Å². The third kappa shape index (κ3) is 8.70. The van der Waals surface area contributed by atoms with Crippen molar-refractivity contribution in [1.82, 2.24) is 20.3 Å². The minimum atomic E-state index is -0.812. The number of nitrogens with one attached hydrogen (secondary N) is 1. The van der Waals surface area contributed by atoms with Crippen molar-refractivity contribution < 1.29 is 37.8 Å². The van der Waals surface area contributed by atoms with Gasteiger partial charge >= 0.3 is 6.09 Å². The highest BCUT2D eigenvalue weighted by atomic mass is 19.1. The Hall–Kier alpha value is -4.16. The van der Waals surface area contributed by atoms with Gasteiger partial charge in [0.1, 0.15) is 17.2 Å². The summed E-state index contributed by atoms with van der Waals surface area (Å²) in [6, 6.07) is 8.00. The summed E-state index contributed by atoms with van der Waals surface area (Å²) in [4.78, 5) is 36.1. The molecule has 1 fully saturated rings. The Morgan fingerprint density at radius 2 is 1.98 bits per heavy atom. The van der Waals surface area contributed by atoms with E-state index in [0.29, 0.717) is 31.6 Å². The number of fused-ring (bicyclic) bond motifs is 1. The van der Waals surface area contributed by atoms with E-state index in [0.717, 1.165) is 34.8 Å². The number of carbonyl (C=O) groups is 2. The third-order valence-electron chi connectivity index (χ3n) is 7.26. The standard InChI is InChI=1S/C32H38F2N4O6/c1-32(2,3)44-31(40)38(17-5-6-21-18-22(33)8-11-24(21)34)26-13-10-23(43-27(26)19-28(39)37-41)9-7-20-15-16-35-25-12-14-29(42-4)36-30(20)25/h5-6,8,11-12,14-16,18,23,26-27,41H,7,9-10,13,17,19H2,1-4H3,(H,37,39)/b6-5+/t23-,26+,27-/m0/s1. The number of hydrogen-bond donors (Lipinski definition) is 2. The lowest BCUT2D eigenvalue weighted by molar-refractivity contribution is -0.141. The van der Waals surface area contributed by atoms with Crippen molar-refractivity contribution >= 4 is 29.1 Å². The molecule has 0 unspecified atom stereocenters. The molecule has 236 valence electrons. The molecule has 2 N–H and O–H groups in total. The van der Waals surface area contributed by atoms with Crippen molar-refractivity contribution in [3.8, 4) is 5.88 Å². The van der Waals surface area contributed by atoms with Gasteiger partial charge in [-0.1, -0.05) is 12.2 Å². The van der Waals surface area contributed by atoms with E-state index >= 15 is 0 Å². The Morgan fingerprint density at radius 1 is 1.18 bits per heavy atom. The van der Waals surface area contributed by atoms with E-state index < -0.39 is 41.4 Å². The number of hydrogen-bond acceptors (Lipinski definition) is 8. The van der Waals surface area contributed by atoms with Gasteiger partial charge in [-0.25, -0.2) is 24.0 Å². The van der Waals surface area contributed by atoms with Crippen molar-refractivity contribution in [3.05, 3.63) is 71.4 Å². The van der Waals surface area contributed by atoms with Gasteiger partial charge in [-0.05, 0) is 82.3 Å². The van der Waals surface area contributed by atoms with Crippen LogP contribution in [0, 0.1) is 11.6 Å². The number of amides is 2. The van der Waals surface area contributed by atoms with E-state index in [9.17, 15) is 23.6 Å². The average molecular weight is 613 g/mol. The van der Waals surface area contributed by atoms with Gasteiger partial charge in [0.05, 0.1) is 42.8 Å². The molecule has 2 amide bonds. The predicted octanol–water partition coefficient (Wildman–Crippen LogP) is 5.61. The second-order valence-electron chi connectivity index (χ2n) is 11.6. The van der Waals surface area contributed by atoms with Crippen LogP contribution in [0.1, 0.15) is 57.6 Å². The highest BCUT2D eigenvalue weighted by molar-refractivity contribution is 5.78. The largest absolute Gasteiger partial charge is 0.481 e. The predicted molar refractivity (Wildman–Crippen MR) is 159 cm³/mol. The van der Waals surface area contributed by atoms with Gasteiger partial charge < -0.3 is 14.2 Å². The lowest BCUT2D eigenvalue weighted by Gasteiger charge is -2.42. The average Bonchev–Trinajstić information content (AvgIpc) is 2.99. The molecule has 3 atom stereocenters. The van der Waals surface area contributed by atoms with Gasteiger partial charge in [-0.2, -0.15) is 0 Å². The zero-order chi connectivity index (χ0) is 31.9. The van der Waals surface area contributed by atoms with E-state index in [2.05, 4.69) is 9.97 Å². The Morgan fingerprint density at radius 3 is 2.70 bits per heavy atom. The van der Waals surface area contributed by atoms with Gasteiger partial charge in [0.2, 0.25) is 11.8 Å². The van der Waals surface area contributed by atoms with Gasteiger partial charge in [-0.15, -0.1) is 0 Å². The van der Waals surface area contributed by atoms with Crippen molar-refractivity contribution in [2.75, 3.05) is 13.7 Å². The van der Waals surface area contributed by atoms with Crippen molar-refractivity contribution in [2.45, 2.75) is 76.7 Å². The SMILES string of the molecule is COc1ccc2nccc(CC[C@H]3CC[C@@H](N(C/C=C/c4cc(F)ccc4F)C(=O)OC(C)(C)C)[C@H](CC(=O)NO)O3)c2n1. The lowest BCUT2D eigenvalue weighted by atomic mass is 9.92. The summed E-state index contributed by atoms with van der Waals surface area (Å²) < 4.78 is 45.2. The summed E-state index contributed by atoms with van der Waals surface area (Å²) in [5, 5.41) is 9.27. The second-order valence-corrected chi connectivity index (χ2v) is 11.6. The summed E-state index contributed by atoms with van der Waals surface area (Å²) in [7, 11) is 1.55. The topological polar surface area (TPSA) is 123 Å². The number of halogens is 2. The van der Waals surface area contributed by atoms with E-state index in [1.54, 1.807) is 45.6 Å². The van der Waals surface area contributed by atoms with Gasteiger partial charge in [0, 0.05) is 24.4 Å². The fourth-order valence-electron chi connectivity index (χ4n) is 5.22. The van der Waals surface area contributed by atoms with Crippen molar-refractivity contribution in [2.24, 2.45) is 0 Å². The van der Waals surface area contributed by atoms with Crippen LogP contribution in [0.5, 0.6) is 5.88 Å². The number of nitrogens with zero attached hydrogens (tertiary/aromatic N) is 3. The lowest BCUT2D eigenvalue weighted by Crippen LogP contribution is -2.54. The number of aromatic nitrogens is 2. The Bertz CT molecular complexity index is 1500. The summed E-state index contributed by atoms with van der Waals surface area (Å²) in [5.74, 6) is -1.39. The number of ether oxygens (including phenoxy) is 3. The van der Waals surface area contributed by atoms with E-state index in [1.165, 1.54) is 17.1 Å². The maximum Gasteiger partial charge on any atom is 0.410 e. The number of aryl methyl sites for hydroxylation is 1. The summed E-state index contributed by atoms with van der Waals surface area (Å²) in [6.07, 6.45) is 5.02. The highest BCUT2D eigenvalue weighted by Gasteiger charge is 2.39. The maximum absolute atomic E-state index is 14.2. The van der Waals surface area contributed by atoms with Crippen molar-refractivity contribution in [3.63, 3.8) is 0 Å². The van der Waals surface area contributed by atoms with Crippen LogP contribution in [0.3, 0.4) is 0 Å². The maximum atomic E-state index is 14.2. The minimum absolute atomic E-state index is 0.0166. The van der Waals surface area contributed by atoms with E-state index in [1.807, 2.05) is 12.1 Å². The minimum Gasteiger partial charge on any atom is -0.481 e. The molecule has 2 aromatic heterocycles. The monoisotopic (exact) mass is 612 g/mol. The number of carbonyl (C=O) groups excluding carboxylic acids is 2. The number of hydroxylamine groups is 1. The zero-order valence-corrected chi connectivity index (χ0v) is 25.3. The van der Waals surface area contributed by atoms with Crippen LogP contribution in [0.15, 0.2) is 48.7 Å². The van der Waals surface area contributed by atoms with Crippen LogP contribution in [0.4, 0.5) is 13.6 Å². The molecule has 4 rings (SSSR count).